The van der Waals surface area contributed by atoms with E-state index in [1.807, 2.05) is 19.3 Å². The van der Waals surface area contributed by atoms with E-state index in [1.54, 1.807) is 36.0 Å². The molecule has 8 nitrogen and oxygen atoms in total. The lowest BCUT2D eigenvalue weighted by Gasteiger charge is -2.21. The number of thioether (sulfide) groups is 1. The topological polar surface area (TPSA) is 114 Å². The number of anilines is 1. The third kappa shape index (κ3) is 12.7. The predicted molar refractivity (Wildman–Crippen MR) is 131 cm³/mol. The normalized spacial score (nSPS) is 11.4. The van der Waals surface area contributed by atoms with Crippen molar-refractivity contribution in [1.82, 2.24) is 10.6 Å². The molecule has 0 bridgehead atoms. The summed E-state index contributed by atoms with van der Waals surface area (Å²) in [5.41, 5.74) is 1.35. The van der Waals surface area contributed by atoms with Crippen LogP contribution in [-0.2, 0) is 30.5 Å². The Morgan fingerprint density at radius 3 is 2.36 bits per heavy atom. The van der Waals surface area contributed by atoms with Crippen molar-refractivity contribution in [2.24, 2.45) is 5.92 Å². The number of unbranched alkanes of at least 4 members (excludes halogenated alkanes) is 2. The molecular weight excluding hydrogens is 442 g/mol. The third-order valence-electron chi connectivity index (χ3n) is 4.65. The fourth-order valence-corrected chi connectivity index (χ4v) is 3.40. The highest BCUT2D eigenvalue weighted by molar-refractivity contribution is 8.02. The maximum Gasteiger partial charge on any atom is 0.302 e. The van der Waals surface area contributed by atoms with Gasteiger partial charge in [0.15, 0.2) is 0 Å². The Kier molecular flexibility index (Phi) is 13.6. The lowest BCUT2D eigenvalue weighted by molar-refractivity contribution is -0.142. The van der Waals surface area contributed by atoms with Crippen LogP contribution in [0.15, 0.2) is 36.3 Å². The van der Waals surface area contributed by atoms with Gasteiger partial charge in [0.2, 0.25) is 17.7 Å². The molecule has 0 saturated heterocycles. The molecule has 9 heteroatoms. The second-order valence-electron chi connectivity index (χ2n) is 7.88. The summed E-state index contributed by atoms with van der Waals surface area (Å²) >= 11 is 1.66. The molecule has 0 aromatic heterocycles. The number of carbonyl (C=O) groups excluding carboxylic acids is 4. The van der Waals surface area contributed by atoms with Gasteiger partial charge in [0, 0.05) is 19.0 Å². The molecule has 0 aliphatic rings. The Balaban J connectivity index is 2.41. The van der Waals surface area contributed by atoms with Crippen molar-refractivity contribution >= 4 is 41.1 Å². The van der Waals surface area contributed by atoms with Crippen molar-refractivity contribution in [3.05, 3.63) is 41.8 Å². The average molecular weight is 478 g/mol. The molecule has 1 rings (SSSR count). The molecule has 0 aliphatic carbocycles. The number of hydrogen-bond donors (Lipinski definition) is 3. The molecule has 0 spiro atoms. The highest BCUT2D eigenvalue weighted by Gasteiger charge is 2.24. The zero-order valence-electron chi connectivity index (χ0n) is 19.6. The van der Waals surface area contributed by atoms with Gasteiger partial charge in [0.1, 0.15) is 12.6 Å². The van der Waals surface area contributed by atoms with Crippen LogP contribution in [0.5, 0.6) is 0 Å². The van der Waals surface area contributed by atoms with Gasteiger partial charge in [-0.2, -0.15) is 0 Å². The molecular formula is C24H35N3O5S. The van der Waals surface area contributed by atoms with E-state index in [2.05, 4.69) is 22.5 Å². The van der Waals surface area contributed by atoms with Crippen molar-refractivity contribution in [3.8, 4) is 0 Å². The fraction of sp³-hybridized carbons (Fsp3) is 0.500. The van der Waals surface area contributed by atoms with Crippen LogP contribution in [0.3, 0.4) is 0 Å². The highest BCUT2D eigenvalue weighted by Crippen LogP contribution is 2.11. The number of ether oxygens (including phenoxy) is 1. The third-order valence-corrected chi connectivity index (χ3v) is 5.41. The zero-order chi connectivity index (χ0) is 24.6. The quantitative estimate of drug-likeness (QED) is 0.264. The van der Waals surface area contributed by atoms with E-state index >= 15 is 0 Å². The van der Waals surface area contributed by atoms with E-state index in [9.17, 15) is 19.2 Å². The summed E-state index contributed by atoms with van der Waals surface area (Å²) in [7, 11) is 0. The second-order valence-corrected chi connectivity index (χ2v) is 8.96. The summed E-state index contributed by atoms with van der Waals surface area (Å²) in [5, 5.41) is 9.87. The molecule has 1 aromatic carbocycles. The highest BCUT2D eigenvalue weighted by atomic mass is 32.2. The largest absolute Gasteiger partial charge is 0.461 e. The Labute approximate surface area is 200 Å². The number of hydrogen-bond acceptors (Lipinski definition) is 6. The maximum absolute atomic E-state index is 12.5. The minimum atomic E-state index is -0.706. The smallest absolute Gasteiger partial charge is 0.302 e. The molecule has 0 radical (unpaired) electrons. The van der Waals surface area contributed by atoms with Gasteiger partial charge in [-0.3, -0.25) is 19.2 Å². The summed E-state index contributed by atoms with van der Waals surface area (Å²) in [6.07, 6.45) is 3.08. The molecule has 1 atom stereocenters. The second kappa shape index (κ2) is 15.9. The van der Waals surface area contributed by atoms with Crippen LogP contribution in [-0.4, -0.2) is 42.0 Å². The van der Waals surface area contributed by atoms with E-state index in [4.69, 9.17) is 4.74 Å². The van der Waals surface area contributed by atoms with Crippen LogP contribution in [0.25, 0.3) is 0 Å². The van der Waals surface area contributed by atoms with E-state index < -0.39 is 11.9 Å². The molecule has 182 valence electrons. The van der Waals surface area contributed by atoms with Crippen molar-refractivity contribution in [2.45, 2.75) is 59.1 Å². The number of esters is 1. The molecule has 3 amide bonds. The Morgan fingerprint density at radius 2 is 1.76 bits per heavy atom. The maximum atomic E-state index is 12.5. The van der Waals surface area contributed by atoms with Gasteiger partial charge in [-0.1, -0.05) is 39.0 Å². The Hall–Kier alpha value is -2.81. The first-order valence-electron chi connectivity index (χ1n) is 11.0. The first-order valence-corrected chi connectivity index (χ1v) is 12.1. The van der Waals surface area contributed by atoms with Crippen molar-refractivity contribution in [2.75, 3.05) is 17.6 Å². The van der Waals surface area contributed by atoms with E-state index in [0.717, 1.165) is 30.6 Å². The molecule has 1 aromatic rings. The molecule has 33 heavy (non-hydrogen) atoms. The van der Waals surface area contributed by atoms with Gasteiger partial charge in [-0.25, -0.2) is 0 Å². The van der Waals surface area contributed by atoms with Crippen LogP contribution in [0.1, 0.15) is 52.0 Å². The van der Waals surface area contributed by atoms with Gasteiger partial charge in [0.25, 0.3) is 0 Å². The van der Waals surface area contributed by atoms with Crippen LogP contribution < -0.4 is 16.0 Å². The van der Waals surface area contributed by atoms with Crippen molar-refractivity contribution in [3.63, 3.8) is 0 Å². The molecule has 0 saturated carbocycles. The summed E-state index contributed by atoms with van der Waals surface area (Å²) in [6.45, 7) is 8.63. The number of amides is 3. The molecule has 0 aliphatic heterocycles. The number of benzene rings is 1. The van der Waals surface area contributed by atoms with Crippen LogP contribution in [0.4, 0.5) is 5.69 Å². The number of rotatable bonds is 15. The molecule has 0 heterocycles. The van der Waals surface area contributed by atoms with Crippen LogP contribution in [0, 0.1) is 5.92 Å². The average Bonchev–Trinajstić information content (AvgIpc) is 2.77. The van der Waals surface area contributed by atoms with E-state index in [-0.39, 0.29) is 36.9 Å². The van der Waals surface area contributed by atoms with Crippen LogP contribution >= 0.6 is 11.8 Å². The lowest BCUT2D eigenvalue weighted by atomic mass is 10.0. The SMILES string of the molecule is C=CSCCCCCC(=O)NC(C(=O)NCC(=O)Nc1ccc(COC(C)=O)cc1)C(C)C. The molecule has 0 fully saturated rings. The number of carbonyl (C=O) groups is 4. The van der Waals surface area contributed by atoms with Gasteiger partial charge in [-0.15, -0.1) is 11.8 Å². The van der Waals surface area contributed by atoms with E-state index in [0.29, 0.717) is 12.1 Å². The first kappa shape index (κ1) is 28.2. The van der Waals surface area contributed by atoms with Gasteiger partial charge in [0.05, 0.1) is 6.54 Å². The minimum Gasteiger partial charge on any atom is -0.461 e. The van der Waals surface area contributed by atoms with Gasteiger partial charge < -0.3 is 20.7 Å². The van der Waals surface area contributed by atoms with Gasteiger partial charge in [-0.05, 0) is 47.6 Å². The summed E-state index contributed by atoms with van der Waals surface area (Å²) in [5.74, 6) is -0.445. The lowest BCUT2D eigenvalue weighted by Crippen LogP contribution is -2.51. The monoisotopic (exact) mass is 477 g/mol. The summed E-state index contributed by atoms with van der Waals surface area (Å²) in [6, 6.07) is 6.14. The summed E-state index contributed by atoms with van der Waals surface area (Å²) < 4.78 is 4.92. The summed E-state index contributed by atoms with van der Waals surface area (Å²) in [4.78, 5) is 47.8. The fourth-order valence-electron chi connectivity index (χ4n) is 2.86. The van der Waals surface area contributed by atoms with Crippen molar-refractivity contribution < 1.29 is 23.9 Å². The first-order chi connectivity index (χ1) is 15.7. The van der Waals surface area contributed by atoms with E-state index in [1.165, 1.54) is 6.92 Å². The van der Waals surface area contributed by atoms with Crippen molar-refractivity contribution in [1.29, 1.82) is 0 Å². The minimum absolute atomic E-state index is 0.120. The van der Waals surface area contributed by atoms with Crippen LogP contribution in [0.2, 0.25) is 0 Å². The zero-order valence-corrected chi connectivity index (χ0v) is 20.5. The number of nitrogens with one attached hydrogen (secondary N) is 3. The predicted octanol–water partition coefficient (Wildman–Crippen LogP) is 3.38. The Morgan fingerprint density at radius 1 is 1.06 bits per heavy atom. The molecule has 1 unspecified atom stereocenters. The molecule has 3 N–H and O–H groups in total. The standard InChI is InChI=1S/C24H35N3O5S/c1-5-33-14-8-6-7-9-21(29)27-23(17(2)3)24(31)25-15-22(30)26-20-12-10-19(11-13-20)16-32-18(4)28/h5,10-13,17,23H,1,6-9,14-16H2,2-4H3,(H,25,31)(H,26,30)(H,27,29). The Bertz CT molecular complexity index is 796. The van der Waals surface area contributed by atoms with Gasteiger partial charge >= 0.3 is 5.97 Å².